The molecular formula is C23H19BrN4O3. The Morgan fingerprint density at radius 3 is 2.39 bits per heavy atom. The molecule has 31 heavy (non-hydrogen) atoms. The van der Waals surface area contributed by atoms with Crippen molar-refractivity contribution in [3.05, 3.63) is 94.0 Å². The molecule has 156 valence electrons. The van der Waals surface area contributed by atoms with Gasteiger partial charge in [0, 0.05) is 15.7 Å². The van der Waals surface area contributed by atoms with Gasteiger partial charge in [0.25, 0.3) is 5.91 Å². The molecule has 3 rings (SSSR count). The first-order valence-corrected chi connectivity index (χ1v) is 10.1. The highest BCUT2D eigenvalue weighted by atomic mass is 79.9. The summed E-state index contributed by atoms with van der Waals surface area (Å²) in [4.78, 5) is 37.0. The average molecular weight is 479 g/mol. The van der Waals surface area contributed by atoms with E-state index in [9.17, 15) is 14.4 Å². The van der Waals surface area contributed by atoms with Crippen LogP contribution in [0.15, 0.2) is 82.4 Å². The van der Waals surface area contributed by atoms with E-state index < -0.39 is 17.7 Å². The van der Waals surface area contributed by atoms with E-state index in [4.69, 9.17) is 0 Å². The standard InChI is InChI=1S/C23H19BrN4O3/c1-15-7-6-9-17(13-15)26-21(29)18-10-3-5-12-20(18)27-22(30)23(31)28-25-14-16-8-2-4-11-19(16)24/h2-14H,1H3,(H,26,29)(H,27,30)(H,28,31). The van der Waals surface area contributed by atoms with E-state index >= 15 is 0 Å². The highest BCUT2D eigenvalue weighted by Gasteiger charge is 2.17. The lowest BCUT2D eigenvalue weighted by Crippen LogP contribution is -2.33. The zero-order valence-electron chi connectivity index (χ0n) is 16.6. The molecule has 0 unspecified atom stereocenters. The Kier molecular flexibility index (Phi) is 7.29. The summed E-state index contributed by atoms with van der Waals surface area (Å²) in [6, 6.07) is 21.1. The number of para-hydroxylation sites is 1. The summed E-state index contributed by atoms with van der Waals surface area (Å²) in [6.45, 7) is 1.92. The van der Waals surface area contributed by atoms with Crippen LogP contribution in [0.25, 0.3) is 0 Å². The maximum Gasteiger partial charge on any atom is 0.329 e. The zero-order chi connectivity index (χ0) is 22.2. The normalized spacial score (nSPS) is 10.5. The van der Waals surface area contributed by atoms with E-state index in [-0.39, 0.29) is 11.3 Å². The van der Waals surface area contributed by atoms with Gasteiger partial charge in [-0.1, -0.05) is 58.4 Å². The van der Waals surface area contributed by atoms with Crippen LogP contribution >= 0.6 is 15.9 Å². The van der Waals surface area contributed by atoms with Gasteiger partial charge in [-0.25, -0.2) is 5.43 Å². The number of nitrogens with zero attached hydrogens (tertiary/aromatic N) is 1. The van der Waals surface area contributed by atoms with Crippen molar-refractivity contribution < 1.29 is 14.4 Å². The molecule has 0 aliphatic carbocycles. The number of amides is 3. The summed E-state index contributed by atoms with van der Waals surface area (Å²) in [5.74, 6) is -2.31. The van der Waals surface area contributed by atoms with Gasteiger partial charge in [0.2, 0.25) is 0 Å². The topological polar surface area (TPSA) is 99.7 Å². The van der Waals surface area contributed by atoms with Gasteiger partial charge < -0.3 is 10.6 Å². The number of carbonyl (C=O) groups excluding carboxylic acids is 3. The Bertz CT molecular complexity index is 1160. The van der Waals surface area contributed by atoms with E-state index in [0.29, 0.717) is 5.69 Å². The Morgan fingerprint density at radius 2 is 1.61 bits per heavy atom. The number of hydrogen-bond acceptors (Lipinski definition) is 4. The van der Waals surface area contributed by atoms with Gasteiger partial charge in [0.15, 0.2) is 0 Å². The summed E-state index contributed by atoms with van der Waals surface area (Å²) in [5, 5.41) is 9.03. The van der Waals surface area contributed by atoms with Crippen LogP contribution in [0.2, 0.25) is 0 Å². The van der Waals surface area contributed by atoms with Crippen LogP contribution < -0.4 is 16.1 Å². The molecule has 0 aliphatic rings. The molecule has 0 aromatic heterocycles. The third-order valence-corrected chi connectivity index (χ3v) is 4.90. The Hall–Kier alpha value is -3.78. The van der Waals surface area contributed by atoms with Crippen LogP contribution in [0.5, 0.6) is 0 Å². The molecule has 0 saturated carbocycles. The van der Waals surface area contributed by atoms with Gasteiger partial charge in [-0.3, -0.25) is 14.4 Å². The molecule has 0 heterocycles. The van der Waals surface area contributed by atoms with E-state index in [1.54, 1.807) is 36.4 Å². The van der Waals surface area contributed by atoms with Crippen molar-refractivity contribution in [2.45, 2.75) is 6.92 Å². The van der Waals surface area contributed by atoms with E-state index in [2.05, 4.69) is 37.1 Å². The number of anilines is 2. The Labute approximate surface area is 187 Å². The van der Waals surface area contributed by atoms with Crippen molar-refractivity contribution in [3.8, 4) is 0 Å². The fraction of sp³-hybridized carbons (Fsp3) is 0.0435. The van der Waals surface area contributed by atoms with Gasteiger partial charge >= 0.3 is 11.8 Å². The lowest BCUT2D eigenvalue weighted by Gasteiger charge is -2.11. The molecule has 7 nitrogen and oxygen atoms in total. The van der Waals surface area contributed by atoms with Crippen molar-refractivity contribution in [1.29, 1.82) is 0 Å². The smallest absolute Gasteiger partial charge is 0.322 e. The molecular weight excluding hydrogens is 460 g/mol. The molecule has 3 N–H and O–H groups in total. The fourth-order valence-electron chi connectivity index (χ4n) is 2.68. The van der Waals surface area contributed by atoms with Crippen molar-refractivity contribution >= 4 is 51.2 Å². The SMILES string of the molecule is Cc1cccc(NC(=O)c2ccccc2NC(=O)C(=O)NN=Cc2ccccc2Br)c1. The molecule has 3 amide bonds. The largest absolute Gasteiger partial charge is 0.329 e. The Morgan fingerprint density at radius 1 is 0.871 bits per heavy atom. The van der Waals surface area contributed by atoms with Crippen LogP contribution in [0.1, 0.15) is 21.5 Å². The number of aryl methyl sites for hydroxylation is 1. The monoisotopic (exact) mass is 478 g/mol. The van der Waals surface area contributed by atoms with E-state index in [1.807, 2.05) is 43.3 Å². The average Bonchev–Trinajstić information content (AvgIpc) is 2.75. The number of rotatable bonds is 5. The first-order valence-electron chi connectivity index (χ1n) is 9.30. The molecule has 0 bridgehead atoms. The molecule has 3 aromatic rings. The third-order valence-electron chi connectivity index (χ3n) is 4.18. The number of carbonyl (C=O) groups is 3. The van der Waals surface area contributed by atoms with E-state index in [1.165, 1.54) is 6.21 Å². The second kappa shape index (κ2) is 10.3. The summed E-state index contributed by atoms with van der Waals surface area (Å²) in [5.41, 5.74) is 4.97. The van der Waals surface area contributed by atoms with Crippen molar-refractivity contribution in [3.63, 3.8) is 0 Å². The van der Waals surface area contributed by atoms with E-state index in [0.717, 1.165) is 15.6 Å². The highest BCUT2D eigenvalue weighted by Crippen LogP contribution is 2.18. The van der Waals surface area contributed by atoms with Gasteiger partial charge in [-0.15, -0.1) is 0 Å². The molecule has 8 heteroatoms. The number of benzene rings is 3. The predicted octanol–water partition coefficient (Wildman–Crippen LogP) is 4.10. The molecule has 0 aliphatic heterocycles. The third kappa shape index (κ3) is 6.10. The predicted molar refractivity (Wildman–Crippen MR) is 124 cm³/mol. The number of nitrogens with one attached hydrogen (secondary N) is 3. The van der Waals surface area contributed by atoms with Gasteiger partial charge in [-0.05, 0) is 42.8 Å². The summed E-state index contributed by atoms with van der Waals surface area (Å²) < 4.78 is 0.797. The van der Waals surface area contributed by atoms with Crippen molar-refractivity contribution in [2.24, 2.45) is 5.10 Å². The van der Waals surface area contributed by atoms with Gasteiger partial charge in [-0.2, -0.15) is 5.10 Å². The Balaban J connectivity index is 1.65. The van der Waals surface area contributed by atoms with Crippen molar-refractivity contribution in [1.82, 2.24) is 5.43 Å². The molecule has 3 aromatic carbocycles. The second-order valence-corrected chi connectivity index (χ2v) is 7.40. The molecule has 0 fully saturated rings. The number of hydrogen-bond donors (Lipinski definition) is 3. The highest BCUT2D eigenvalue weighted by molar-refractivity contribution is 9.10. The first-order chi connectivity index (χ1) is 14.9. The molecule has 0 saturated heterocycles. The lowest BCUT2D eigenvalue weighted by atomic mass is 10.1. The minimum Gasteiger partial charge on any atom is -0.322 e. The maximum atomic E-state index is 12.7. The van der Waals surface area contributed by atoms with Gasteiger partial charge in [0.1, 0.15) is 0 Å². The van der Waals surface area contributed by atoms with Crippen LogP contribution in [0.4, 0.5) is 11.4 Å². The second-order valence-electron chi connectivity index (χ2n) is 6.54. The van der Waals surface area contributed by atoms with Gasteiger partial charge in [0.05, 0.1) is 17.5 Å². The first kappa shape index (κ1) is 21.9. The van der Waals surface area contributed by atoms with Crippen LogP contribution in [-0.2, 0) is 9.59 Å². The number of hydrazone groups is 1. The lowest BCUT2D eigenvalue weighted by molar-refractivity contribution is -0.136. The summed E-state index contributed by atoms with van der Waals surface area (Å²) >= 11 is 3.36. The minimum atomic E-state index is -0.961. The van der Waals surface area contributed by atoms with Crippen LogP contribution in [0, 0.1) is 6.92 Å². The fourth-order valence-corrected chi connectivity index (χ4v) is 3.07. The maximum absolute atomic E-state index is 12.7. The molecule has 0 spiro atoms. The summed E-state index contributed by atoms with van der Waals surface area (Å²) in [6.07, 6.45) is 1.42. The zero-order valence-corrected chi connectivity index (χ0v) is 18.1. The van der Waals surface area contributed by atoms with Crippen LogP contribution in [0.3, 0.4) is 0 Å². The molecule has 0 radical (unpaired) electrons. The quantitative estimate of drug-likeness (QED) is 0.292. The minimum absolute atomic E-state index is 0.211. The molecule has 0 atom stereocenters. The van der Waals surface area contributed by atoms with Crippen molar-refractivity contribution in [2.75, 3.05) is 10.6 Å². The van der Waals surface area contributed by atoms with Crippen LogP contribution in [-0.4, -0.2) is 23.9 Å². The number of halogens is 1. The summed E-state index contributed by atoms with van der Waals surface area (Å²) in [7, 11) is 0.